The molecule has 1 heterocycles. The van der Waals surface area contributed by atoms with Crippen LogP contribution in [0.5, 0.6) is 0 Å². The summed E-state index contributed by atoms with van der Waals surface area (Å²) in [6, 6.07) is 10.1. The Morgan fingerprint density at radius 3 is 2.53 bits per heavy atom. The van der Waals surface area contributed by atoms with Crippen LogP contribution in [-0.4, -0.2) is 17.8 Å². The first-order valence-corrected chi connectivity index (χ1v) is 13.9. The highest BCUT2D eigenvalue weighted by Gasteiger charge is 2.73. The number of fused-ring (bicyclic) bond motifs is 1. The summed E-state index contributed by atoms with van der Waals surface area (Å²) in [7, 11) is 0. The Labute approximate surface area is 214 Å². The zero-order chi connectivity index (χ0) is 25.5. The molecule has 8 atom stereocenters. The number of allylic oxidation sites excluding steroid dienone is 2. The fourth-order valence-electron chi connectivity index (χ4n) is 9.76. The molecule has 5 aliphatic carbocycles. The number of amides is 1. The van der Waals surface area contributed by atoms with Crippen LogP contribution in [0.3, 0.4) is 0 Å². The quantitative estimate of drug-likeness (QED) is 0.347. The Balaban J connectivity index is 1.35. The van der Waals surface area contributed by atoms with Crippen LogP contribution in [0.25, 0.3) is 0 Å². The first-order valence-electron chi connectivity index (χ1n) is 13.9. The molecule has 0 unspecified atom stereocenters. The molecule has 0 aromatic heterocycles. The largest absolute Gasteiger partial charge is 0.393 e. The van der Waals surface area contributed by atoms with E-state index in [2.05, 4.69) is 39.1 Å². The van der Waals surface area contributed by atoms with Crippen LogP contribution in [0, 0.1) is 51.8 Å². The standard InChI is InChI=1S/C31H39NO4/c1-18(2)21-16-31-14-11-22-29(3,23(31)15-20(21)24-25(31)27(34)36-26(24)33)12-8-13-30(22,4)28(35)32-17-19-9-6-5-7-10-19/h5-7,9-10,16,18,20,22-25H,8,11-15,17H2,1-4H3,(H,32,35)/t20-,22+,23+,24+,25-,29-,30-,31-/m0/s1. The molecular weight excluding hydrogens is 450 g/mol. The second kappa shape index (κ2) is 8.03. The summed E-state index contributed by atoms with van der Waals surface area (Å²) in [6.45, 7) is 9.53. The number of cyclic esters (lactones) is 2. The van der Waals surface area contributed by atoms with E-state index in [0.717, 1.165) is 44.1 Å². The molecule has 4 fully saturated rings. The Kier molecular flexibility index (Phi) is 5.34. The van der Waals surface area contributed by atoms with Crippen LogP contribution in [0.2, 0.25) is 0 Å². The maximum atomic E-state index is 13.8. The smallest absolute Gasteiger partial charge is 0.318 e. The van der Waals surface area contributed by atoms with Crippen molar-refractivity contribution in [3.05, 3.63) is 47.5 Å². The summed E-state index contributed by atoms with van der Waals surface area (Å²) in [6.07, 6.45) is 8.10. The van der Waals surface area contributed by atoms with Crippen LogP contribution in [-0.2, 0) is 25.7 Å². The molecule has 36 heavy (non-hydrogen) atoms. The van der Waals surface area contributed by atoms with Crippen molar-refractivity contribution >= 4 is 17.8 Å². The maximum absolute atomic E-state index is 13.8. The van der Waals surface area contributed by atoms with E-state index < -0.39 is 5.41 Å². The molecule has 5 nitrogen and oxygen atoms in total. The third kappa shape index (κ3) is 3.10. The van der Waals surface area contributed by atoms with Crippen LogP contribution < -0.4 is 5.32 Å². The molecule has 1 aromatic carbocycles. The first-order chi connectivity index (χ1) is 17.1. The topological polar surface area (TPSA) is 72.5 Å². The summed E-state index contributed by atoms with van der Waals surface area (Å²) in [5, 5.41) is 3.27. The fourth-order valence-corrected chi connectivity index (χ4v) is 9.76. The van der Waals surface area contributed by atoms with Crippen molar-refractivity contribution < 1.29 is 19.1 Å². The maximum Gasteiger partial charge on any atom is 0.318 e. The third-order valence-electron chi connectivity index (χ3n) is 11.2. The minimum Gasteiger partial charge on any atom is -0.393 e. The lowest BCUT2D eigenvalue weighted by Crippen LogP contribution is -2.65. The molecule has 1 aliphatic heterocycles. The van der Waals surface area contributed by atoms with E-state index in [-0.39, 0.29) is 58.3 Å². The van der Waals surface area contributed by atoms with Crippen molar-refractivity contribution in [2.75, 3.05) is 0 Å². The molecule has 2 bridgehead atoms. The Bertz CT molecular complexity index is 1140. The molecule has 6 aliphatic rings. The molecule has 1 spiro atoms. The van der Waals surface area contributed by atoms with Gasteiger partial charge in [0.1, 0.15) is 0 Å². The number of esters is 2. The lowest BCUT2D eigenvalue weighted by atomic mass is 9.34. The minimum absolute atomic E-state index is 0.0521. The van der Waals surface area contributed by atoms with Gasteiger partial charge >= 0.3 is 11.9 Å². The van der Waals surface area contributed by atoms with Gasteiger partial charge in [0.2, 0.25) is 5.91 Å². The van der Waals surface area contributed by atoms with Gasteiger partial charge in [-0.1, -0.05) is 76.1 Å². The molecule has 3 saturated carbocycles. The van der Waals surface area contributed by atoms with Gasteiger partial charge in [0.25, 0.3) is 0 Å². The normalized spacial score (nSPS) is 42.8. The van der Waals surface area contributed by atoms with Gasteiger partial charge in [-0.05, 0) is 66.8 Å². The molecule has 0 radical (unpaired) electrons. The van der Waals surface area contributed by atoms with Crippen molar-refractivity contribution in [1.29, 1.82) is 0 Å². The summed E-state index contributed by atoms with van der Waals surface area (Å²) < 4.78 is 5.31. The number of rotatable bonds is 4. The third-order valence-corrected chi connectivity index (χ3v) is 11.2. The predicted octanol–water partition coefficient (Wildman–Crippen LogP) is 5.44. The Hall–Kier alpha value is -2.43. The number of benzene rings is 1. The number of ether oxygens (including phenoxy) is 1. The van der Waals surface area contributed by atoms with Gasteiger partial charge in [-0.25, -0.2) is 0 Å². The number of hydrogen-bond acceptors (Lipinski definition) is 4. The molecule has 5 heteroatoms. The average Bonchev–Trinajstić information content (AvgIpc) is 3.18. The molecule has 192 valence electrons. The van der Waals surface area contributed by atoms with Crippen LogP contribution in [0.4, 0.5) is 0 Å². The minimum atomic E-state index is -0.434. The molecule has 1 amide bonds. The van der Waals surface area contributed by atoms with Crippen molar-refractivity contribution in [2.45, 2.75) is 72.8 Å². The van der Waals surface area contributed by atoms with Crippen LogP contribution >= 0.6 is 0 Å². The second-order valence-corrected chi connectivity index (χ2v) is 13.1. The number of hydrogen-bond donors (Lipinski definition) is 1. The van der Waals surface area contributed by atoms with Crippen molar-refractivity contribution in [1.82, 2.24) is 5.32 Å². The van der Waals surface area contributed by atoms with Gasteiger partial charge in [-0.2, -0.15) is 0 Å². The lowest BCUT2D eigenvalue weighted by molar-refractivity contribution is -0.187. The lowest BCUT2D eigenvalue weighted by Gasteiger charge is -2.68. The van der Waals surface area contributed by atoms with E-state index in [1.165, 1.54) is 5.57 Å². The molecule has 1 N–H and O–H groups in total. The number of carbonyl (C=O) groups is 3. The monoisotopic (exact) mass is 489 g/mol. The predicted molar refractivity (Wildman–Crippen MR) is 136 cm³/mol. The first kappa shape index (κ1) is 23.9. The molecule has 1 aromatic rings. The molecule has 1 saturated heterocycles. The highest BCUT2D eigenvalue weighted by atomic mass is 16.6. The number of carbonyl (C=O) groups excluding carboxylic acids is 3. The SMILES string of the molecule is CC(C)C1=C[C@@]23CC[C@@H]4[C@](C)(CCC[C@]4(C)C(=O)NCc4ccccc4)[C@H]2C[C@@H]1[C@H]1C(=O)OC(=O)[C@H]13. The Morgan fingerprint density at radius 2 is 1.81 bits per heavy atom. The van der Waals surface area contributed by atoms with Gasteiger partial charge in [0.05, 0.1) is 11.8 Å². The van der Waals surface area contributed by atoms with Gasteiger partial charge < -0.3 is 10.1 Å². The molecular formula is C31H39NO4. The summed E-state index contributed by atoms with van der Waals surface area (Å²) in [4.78, 5) is 39.8. The average molecular weight is 490 g/mol. The van der Waals surface area contributed by atoms with Crippen molar-refractivity contribution in [3.8, 4) is 0 Å². The van der Waals surface area contributed by atoms with E-state index in [1.54, 1.807) is 0 Å². The van der Waals surface area contributed by atoms with E-state index in [1.807, 2.05) is 30.3 Å². The number of nitrogens with one attached hydrogen (secondary N) is 1. The zero-order valence-electron chi connectivity index (χ0n) is 22.0. The van der Waals surface area contributed by atoms with E-state index >= 15 is 0 Å². The second-order valence-electron chi connectivity index (χ2n) is 13.1. The highest BCUT2D eigenvalue weighted by molar-refractivity contribution is 5.98. The summed E-state index contributed by atoms with van der Waals surface area (Å²) in [5.41, 5.74) is 1.65. The fraction of sp³-hybridized carbons (Fsp3) is 0.645. The van der Waals surface area contributed by atoms with Gasteiger partial charge in [-0.15, -0.1) is 0 Å². The van der Waals surface area contributed by atoms with Crippen LogP contribution in [0.15, 0.2) is 42.0 Å². The van der Waals surface area contributed by atoms with E-state index in [9.17, 15) is 14.4 Å². The zero-order valence-corrected chi connectivity index (χ0v) is 22.0. The summed E-state index contributed by atoms with van der Waals surface area (Å²) >= 11 is 0. The van der Waals surface area contributed by atoms with E-state index in [0.29, 0.717) is 12.5 Å². The van der Waals surface area contributed by atoms with Crippen molar-refractivity contribution in [2.24, 2.45) is 51.8 Å². The molecule has 7 rings (SSSR count). The van der Waals surface area contributed by atoms with Gasteiger partial charge in [-0.3, -0.25) is 14.4 Å². The van der Waals surface area contributed by atoms with E-state index in [4.69, 9.17) is 4.74 Å². The highest BCUT2D eigenvalue weighted by Crippen LogP contribution is 2.74. The van der Waals surface area contributed by atoms with Gasteiger partial charge in [0, 0.05) is 17.4 Å². The van der Waals surface area contributed by atoms with Crippen LogP contribution in [0.1, 0.15) is 71.8 Å². The Morgan fingerprint density at radius 1 is 1.06 bits per heavy atom. The van der Waals surface area contributed by atoms with Crippen molar-refractivity contribution in [3.63, 3.8) is 0 Å². The van der Waals surface area contributed by atoms with Gasteiger partial charge in [0.15, 0.2) is 0 Å². The summed E-state index contributed by atoms with van der Waals surface area (Å²) in [5.74, 6) is -0.148.